The van der Waals surface area contributed by atoms with Crippen molar-refractivity contribution in [2.45, 2.75) is 23.5 Å². The highest BCUT2D eigenvalue weighted by molar-refractivity contribution is 8.00. The molecule has 0 radical (unpaired) electrons. The monoisotopic (exact) mass is 476 g/mol. The van der Waals surface area contributed by atoms with Gasteiger partial charge in [-0.05, 0) is 41.5 Å². The summed E-state index contributed by atoms with van der Waals surface area (Å²) >= 11 is 13.9. The Bertz CT molecular complexity index is 1130. The number of rotatable bonds is 5. The van der Waals surface area contributed by atoms with Crippen molar-refractivity contribution in [3.63, 3.8) is 0 Å². The van der Waals surface area contributed by atoms with E-state index in [1.54, 1.807) is 12.1 Å². The summed E-state index contributed by atoms with van der Waals surface area (Å²) in [6.45, 7) is 0.514. The first-order valence-corrected chi connectivity index (χ1v) is 11.1. The first kappa shape index (κ1) is 21.8. The summed E-state index contributed by atoms with van der Waals surface area (Å²) < 4.78 is 13.3. The van der Waals surface area contributed by atoms with Gasteiger partial charge >= 0.3 is 6.03 Å². The maximum atomic E-state index is 13.3. The van der Waals surface area contributed by atoms with Crippen molar-refractivity contribution in [3.8, 4) is 0 Å². The minimum Gasteiger partial charge on any atom is -0.334 e. The van der Waals surface area contributed by atoms with Crippen molar-refractivity contribution in [3.05, 3.63) is 87.7 Å². The van der Waals surface area contributed by atoms with Gasteiger partial charge in [-0.25, -0.2) is 9.18 Å². The highest BCUT2D eigenvalue weighted by Gasteiger charge is 2.34. The molecule has 3 aromatic carbocycles. The average molecular weight is 477 g/mol. The van der Waals surface area contributed by atoms with Gasteiger partial charge in [0.25, 0.3) is 0 Å². The summed E-state index contributed by atoms with van der Waals surface area (Å²) in [5.74, 6) is -0.499. The van der Waals surface area contributed by atoms with E-state index in [2.05, 4.69) is 10.6 Å². The number of anilines is 2. The van der Waals surface area contributed by atoms with E-state index in [0.717, 1.165) is 21.8 Å². The largest absolute Gasteiger partial charge is 0.334 e. The number of amides is 2. The van der Waals surface area contributed by atoms with E-state index < -0.39 is 11.3 Å². The first-order chi connectivity index (χ1) is 15.0. The van der Waals surface area contributed by atoms with Gasteiger partial charge in [-0.3, -0.25) is 0 Å². The van der Waals surface area contributed by atoms with Gasteiger partial charge in [-0.2, -0.15) is 0 Å². The lowest BCUT2D eigenvalue weighted by Gasteiger charge is -2.30. The summed E-state index contributed by atoms with van der Waals surface area (Å²) in [6, 6.07) is 17.4. The molecule has 9 heteroatoms. The minimum absolute atomic E-state index is 0.0146. The number of nitrogens with one attached hydrogen (secondary N) is 2. The molecule has 4 N–H and O–H groups in total. The third-order valence-corrected chi connectivity index (χ3v) is 6.57. The third kappa shape index (κ3) is 4.60. The Hall–Kier alpha value is -2.45. The Kier molecular flexibility index (Phi) is 6.57. The molecule has 0 bridgehead atoms. The number of hydrogen-bond donors (Lipinski definition) is 3. The second-order valence-electron chi connectivity index (χ2n) is 6.84. The molecular formula is C22H19Cl2FN4OS. The van der Waals surface area contributed by atoms with E-state index in [0.29, 0.717) is 17.1 Å². The Balaban J connectivity index is 1.56. The predicted octanol–water partition coefficient (Wildman–Crippen LogP) is 5.62. The van der Waals surface area contributed by atoms with Crippen LogP contribution >= 0.6 is 35.0 Å². The standard InChI is InChI=1S/C22H19Cl2FN4OS/c23-15-5-3-4-14(11-26)20(15)29-18-6-1-2-7-19(18)31-22(29)28-21(30)27-12-13-8-9-17(25)16(24)10-13/h1-10,22H,11-12,26H2,(H2,27,28,30). The van der Waals surface area contributed by atoms with E-state index in [4.69, 9.17) is 28.9 Å². The van der Waals surface area contributed by atoms with Crippen LogP contribution in [0.2, 0.25) is 10.0 Å². The topological polar surface area (TPSA) is 70.4 Å². The number of hydrogen-bond acceptors (Lipinski definition) is 4. The quantitative estimate of drug-likeness (QED) is 0.446. The lowest BCUT2D eigenvalue weighted by molar-refractivity contribution is 0.240. The molecular weight excluding hydrogens is 458 g/mol. The van der Waals surface area contributed by atoms with E-state index in [1.165, 1.54) is 23.9 Å². The lowest BCUT2D eigenvalue weighted by atomic mass is 10.1. The molecule has 1 atom stereocenters. The Morgan fingerprint density at radius 3 is 2.68 bits per heavy atom. The van der Waals surface area contributed by atoms with Gasteiger partial charge in [0.2, 0.25) is 0 Å². The van der Waals surface area contributed by atoms with Crippen LogP contribution in [0.15, 0.2) is 65.6 Å². The van der Waals surface area contributed by atoms with Crippen molar-refractivity contribution in [1.29, 1.82) is 0 Å². The zero-order valence-electron chi connectivity index (χ0n) is 16.2. The van der Waals surface area contributed by atoms with Crippen LogP contribution in [0.4, 0.5) is 20.6 Å². The lowest BCUT2D eigenvalue weighted by Crippen LogP contribution is -2.46. The molecule has 5 nitrogen and oxygen atoms in total. The fourth-order valence-electron chi connectivity index (χ4n) is 3.38. The Morgan fingerprint density at radius 1 is 1.10 bits per heavy atom. The van der Waals surface area contributed by atoms with E-state index in [-0.39, 0.29) is 17.6 Å². The molecule has 0 spiro atoms. The smallest absolute Gasteiger partial charge is 0.317 e. The molecule has 0 aromatic heterocycles. The molecule has 1 unspecified atom stereocenters. The Labute approximate surface area is 193 Å². The number of benzene rings is 3. The number of fused-ring (bicyclic) bond motifs is 1. The number of nitrogens with zero attached hydrogens (tertiary/aromatic N) is 1. The van der Waals surface area contributed by atoms with Gasteiger partial charge in [0.1, 0.15) is 5.82 Å². The highest BCUT2D eigenvalue weighted by atomic mass is 35.5. The molecule has 0 saturated heterocycles. The molecule has 3 aromatic rings. The molecule has 1 aliphatic rings. The van der Waals surface area contributed by atoms with Crippen LogP contribution in [0.3, 0.4) is 0 Å². The van der Waals surface area contributed by atoms with Gasteiger partial charge in [0.05, 0.1) is 21.4 Å². The maximum absolute atomic E-state index is 13.3. The number of halogens is 3. The minimum atomic E-state index is -0.499. The molecule has 0 saturated carbocycles. The van der Waals surface area contributed by atoms with E-state index >= 15 is 0 Å². The average Bonchev–Trinajstić information content (AvgIpc) is 3.11. The van der Waals surface area contributed by atoms with Crippen LogP contribution in [0.5, 0.6) is 0 Å². The van der Waals surface area contributed by atoms with Crippen molar-refractivity contribution in [2.24, 2.45) is 5.73 Å². The zero-order chi connectivity index (χ0) is 22.0. The number of thioether (sulfide) groups is 1. The summed E-state index contributed by atoms with van der Waals surface area (Å²) in [7, 11) is 0. The number of para-hydroxylation sites is 2. The van der Waals surface area contributed by atoms with Crippen LogP contribution in [-0.2, 0) is 13.1 Å². The second-order valence-corrected chi connectivity index (χ2v) is 8.77. The zero-order valence-corrected chi connectivity index (χ0v) is 18.6. The molecule has 1 heterocycles. The van der Waals surface area contributed by atoms with Gasteiger partial charge in [0, 0.05) is 18.0 Å². The molecule has 2 amide bonds. The van der Waals surface area contributed by atoms with Gasteiger partial charge < -0.3 is 21.3 Å². The first-order valence-electron chi connectivity index (χ1n) is 9.48. The van der Waals surface area contributed by atoms with Crippen LogP contribution in [0, 0.1) is 5.82 Å². The highest BCUT2D eigenvalue weighted by Crippen LogP contribution is 2.49. The molecule has 31 heavy (non-hydrogen) atoms. The van der Waals surface area contributed by atoms with Gasteiger partial charge in [-0.15, -0.1) is 0 Å². The summed E-state index contributed by atoms with van der Waals surface area (Å²) in [6.07, 6.45) is 0. The van der Waals surface area contributed by atoms with Crippen molar-refractivity contribution in [1.82, 2.24) is 10.6 Å². The van der Waals surface area contributed by atoms with Crippen molar-refractivity contribution >= 4 is 52.4 Å². The number of carbonyl (C=O) groups excluding carboxylic acids is 1. The third-order valence-electron chi connectivity index (χ3n) is 4.82. The number of urea groups is 1. The normalized spacial score (nSPS) is 15.0. The molecule has 0 fully saturated rings. The fraction of sp³-hybridized carbons (Fsp3) is 0.136. The molecule has 1 aliphatic heterocycles. The number of nitrogens with two attached hydrogens (primary N) is 1. The maximum Gasteiger partial charge on any atom is 0.317 e. The van der Waals surface area contributed by atoms with E-state index in [9.17, 15) is 9.18 Å². The van der Waals surface area contributed by atoms with Crippen LogP contribution in [-0.4, -0.2) is 11.5 Å². The van der Waals surface area contributed by atoms with Crippen molar-refractivity contribution in [2.75, 3.05) is 4.90 Å². The van der Waals surface area contributed by atoms with Crippen molar-refractivity contribution < 1.29 is 9.18 Å². The number of carbonyl (C=O) groups is 1. The summed E-state index contributed by atoms with van der Waals surface area (Å²) in [5, 5.41) is 6.33. The van der Waals surface area contributed by atoms with E-state index in [1.807, 2.05) is 41.3 Å². The predicted molar refractivity (Wildman–Crippen MR) is 124 cm³/mol. The summed E-state index contributed by atoms with van der Waals surface area (Å²) in [4.78, 5) is 15.7. The van der Waals surface area contributed by atoms with Gasteiger partial charge in [-0.1, -0.05) is 65.3 Å². The van der Waals surface area contributed by atoms with Crippen LogP contribution < -0.4 is 21.3 Å². The molecule has 160 valence electrons. The SMILES string of the molecule is NCc1cccc(Cl)c1N1c2ccccc2SC1NC(=O)NCc1ccc(F)c(Cl)c1. The summed E-state index contributed by atoms with van der Waals surface area (Å²) in [5.41, 5.74) is 8.79. The second kappa shape index (κ2) is 9.36. The Morgan fingerprint density at radius 2 is 1.90 bits per heavy atom. The van der Waals surface area contributed by atoms with Crippen LogP contribution in [0.25, 0.3) is 0 Å². The molecule has 0 aliphatic carbocycles. The fourth-order valence-corrected chi connectivity index (χ4v) is 5.04. The van der Waals surface area contributed by atoms with Crippen LogP contribution in [0.1, 0.15) is 11.1 Å². The van der Waals surface area contributed by atoms with Gasteiger partial charge in [0.15, 0.2) is 5.50 Å². The molecule has 4 rings (SSSR count).